The van der Waals surface area contributed by atoms with Crippen molar-refractivity contribution in [1.29, 1.82) is 0 Å². The molecular weight excluding hydrogens is 222 g/mol. The fourth-order valence-electron chi connectivity index (χ4n) is 1.91. The molecule has 0 amide bonds. The number of ether oxygens (including phenoxy) is 1. The molecule has 2 aromatic heterocycles. The number of nitrogens with zero attached hydrogens (tertiary/aromatic N) is 1. The minimum atomic E-state index is -0.853. The topological polar surface area (TPSA) is 42.4 Å². The number of aryl methyl sites for hydroxylation is 2. The highest BCUT2D eigenvalue weighted by Crippen LogP contribution is 2.45. The number of rotatable bonds is 0. The standard InChI is InChI=1S/C12H11NO2S/c1-6-3-10-9(5-13-6)11-8(12(14)15-10)4-7(2)16-11/h3-5,12,14H,1-2H3. The van der Waals surface area contributed by atoms with Gasteiger partial charge in [0.2, 0.25) is 6.29 Å². The number of hydrogen-bond donors (Lipinski definition) is 1. The van der Waals surface area contributed by atoms with Crippen molar-refractivity contribution < 1.29 is 9.84 Å². The second-order valence-corrected chi connectivity index (χ2v) is 5.19. The highest BCUT2D eigenvalue weighted by atomic mass is 32.1. The van der Waals surface area contributed by atoms with E-state index in [0.717, 1.165) is 21.7 Å². The highest BCUT2D eigenvalue weighted by Gasteiger charge is 2.26. The largest absolute Gasteiger partial charge is 0.460 e. The third-order valence-corrected chi connectivity index (χ3v) is 3.74. The van der Waals surface area contributed by atoms with Crippen molar-refractivity contribution in [1.82, 2.24) is 4.98 Å². The maximum atomic E-state index is 9.88. The fourth-order valence-corrected chi connectivity index (χ4v) is 2.96. The number of aliphatic hydroxyl groups excluding tert-OH is 1. The fraction of sp³-hybridized carbons (Fsp3) is 0.250. The third kappa shape index (κ3) is 1.34. The van der Waals surface area contributed by atoms with Crippen LogP contribution in [0.2, 0.25) is 0 Å². The van der Waals surface area contributed by atoms with Crippen molar-refractivity contribution in [2.45, 2.75) is 20.1 Å². The van der Waals surface area contributed by atoms with Gasteiger partial charge in [-0.15, -0.1) is 11.3 Å². The van der Waals surface area contributed by atoms with Gasteiger partial charge in [-0.05, 0) is 19.9 Å². The van der Waals surface area contributed by atoms with Gasteiger partial charge in [0.25, 0.3) is 0 Å². The molecule has 82 valence electrons. The molecule has 4 heteroatoms. The lowest BCUT2D eigenvalue weighted by Gasteiger charge is -2.22. The molecule has 3 rings (SSSR count). The van der Waals surface area contributed by atoms with Crippen molar-refractivity contribution in [3.8, 4) is 16.2 Å². The van der Waals surface area contributed by atoms with Crippen LogP contribution in [0.5, 0.6) is 5.75 Å². The zero-order valence-electron chi connectivity index (χ0n) is 9.02. The molecule has 1 aliphatic heterocycles. The van der Waals surface area contributed by atoms with E-state index >= 15 is 0 Å². The molecule has 1 aliphatic rings. The molecule has 1 atom stereocenters. The van der Waals surface area contributed by atoms with Crippen molar-refractivity contribution >= 4 is 11.3 Å². The Hall–Kier alpha value is -1.39. The first-order valence-corrected chi connectivity index (χ1v) is 5.89. The first-order valence-electron chi connectivity index (χ1n) is 5.07. The maximum absolute atomic E-state index is 9.88. The summed E-state index contributed by atoms with van der Waals surface area (Å²) in [5.74, 6) is 0.717. The summed E-state index contributed by atoms with van der Waals surface area (Å²) in [5, 5.41) is 9.88. The van der Waals surface area contributed by atoms with Crippen LogP contribution in [0.4, 0.5) is 0 Å². The lowest BCUT2D eigenvalue weighted by atomic mass is 10.1. The monoisotopic (exact) mass is 233 g/mol. The number of hydrogen-bond acceptors (Lipinski definition) is 4. The first-order chi connectivity index (χ1) is 7.65. The van der Waals surface area contributed by atoms with Crippen LogP contribution in [0.25, 0.3) is 10.4 Å². The van der Waals surface area contributed by atoms with Crippen molar-refractivity contribution in [2.75, 3.05) is 0 Å². The van der Waals surface area contributed by atoms with Gasteiger partial charge in [-0.3, -0.25) is 4.98 Å². The second-order valence-electron chi connectivity index (χ2n) is 3.93. The number of pyridine rings is 1. The number of thiophene rings is 1. The van der Waals surface area contributed by atoms with Crippen LogP contribution in [-0.2, 0) is 0 Å². The SMILES string of the molecule is Cc1cc2c(cn1)-c1sc(C)cc1C(O)O2. The van der Waals surface area contributed by atoms with Crippen LogP contribution >= 0.6 is 11.3 Å². The van der Waals surface area contributed by atoms with Gasteiger partial charge >= 0.3 is 0 Å². The average Bonchev–Trinajstić information content (AvgIpc) is 2.60. The van der Waals surface area contributed by atoms with Gasteiger partial charge in [0.1, 0.15) is 5.75 Å². The van der Waals surface area contributed by atoms with E-state index in [4.69, 9.17) is 4.74 Å². The number of aliphatic hydroxyl groups is 1. The Kier molecular flexibility index (Phi) is 2.02. The van der Waals surface area contributed by atoms with Gasteiger partial charge in [-0.25, -0.2) is 0 Å². The third-order valence-electron chi connectivity index (χ3n) is 2.64. The molecule has 0 fully saturated rings. The van der Waals surface area contributed by atoms with E-state index in [1.54, 1.807) is 11.3 Å². The summed E-state index contributed by atoms with van der Waals surface area (Å²) >= 11 is 1.66. The molecule has 0 radical (unpaired) electrons. The zero-order chi connectivity index (χ0) is 11.3. The molecule has 0 bridgehead atoms. The Bertz CT molecular complexity index is 562. The van der Waals surface area contributed by atoms with E-state index in [2.05, 4.69) is 4.98 Å². The molecule has 1 unspecified atom stereocenters. The minimum absolute atomic E-state index is 0.717. The summed E-state index contributed by atoms with van der Waals surface area (Å²) in [5.41, 5.74) is 2.72. The Labute approximate surface area is 97.3 Å². The molecule has 0 spiro atoms. The minimum Gasteiger partial charge on any atom is -0.460 e. The van der Waals surface area contributed by atoms with Crippen molar-refractivity contribution in [2.24, 2.45) is 0 Å². The van der Waals surface area contributed by atoms with Crippen LogP contribution in [0.3, 0.4) is 0 Å². The maximum Gasteiger partial charge on any atom is 0.225 e. The summed E-state index contributed by atoms with van der Waals surface area (Å²) in [6.45, 7) is 3.93. The van der Waals surface area contributed by atoms with E-state index in [1.807, 2.05) is 32.2 Å². The first kappa shape index (κ1) is 9.81. The summed E-state index contributed by atoms with van der Waals surface area (Å²) in [6.07, 6.45) is 0.958. The van der Waals surface area contributed by atoms with E-state index < -0.39 is 6.29 Å². The van der Waals surface area contributed by atoms with Gasteiger partial charge in [0.05, 0.1) is 5.56 Å². The molecule has 3 nitrogen and oxygen atoms in total. The molecule has 0 saturated carbocycles. The lowest BCUT2D eigenvalue weighted by molar-refractivity contribution is -0.0210. The summed E-state index contributed by atoms with van der Waals surface area (Å²) < 4.78 is 5.47. The Morgan fingerprint density at radius 1 is 1.38 bits per heavy atom. The van der Waals surface area contributed by atoms with Crippen LogP contribution in [0.1, 0.15) is 22.4 Å². The summed E-state index contributed by atoms with van der Waals surface area (Å²) in [6, 6.07) is 3.82. The normalized spacial score (nSPS) is 17.6. The van der Waals surface area contributed by atoms with Crippen LogP contribution in [0.15, 0.2) is 18.3 Å². The summed E-state index contributed by atoms with van der Waals surface area (Å²) in [4.78, 5) is 6.51. The predicted octanol–water partition coefficient (Wildman–Crippen LogP) is 2.81. The van der Waals surface area contributed by atoms with Crippen LogP contribution < -0.4 is 4.74 Å². The zero-order valence-corrected chi connectivity index (χ0v) is 9.84. The van der Waals surface area contributed by atoms with Crippen LogP contribution in [0, 0.1) is 13.8 Å². The van der Waals surface area contributed by atoms with E-state index in [9.17, 15) is 5.11 Å². The van der Waals surface area contributed by atoms with Crippen molar-refractivity contribution in [3.63, 3.8) is 0 Å². The molecule has 16 heavy (non-hydrogen) atoms. The average molecular weight is 233 g/mol. The van der Waals surface area contributed by atoms with Gasteiger partial charge in [0, 0.05) is 33.3 Å². The molecule has 0 aliphatic carbocycles. The Morgan fingerprint density at radius 3 is 3.00 bits per heavy atom. The highest BCUT2D eigenvalue weighted by molar-refractivity contribution is 7.15. The van der Waals surface area contributed by atoms with Gasteiger partial charge in [0.15, 0.2) is 0 Å². The predicted molar refractivity (Wildman–Crippen MR) is 62.6 cm³/mol. The van der Waals surface area contributed by atoms with E-state index in [-0.39, 0.29) is 0 Å². The summed E-state index contributed by atoms with van der Waals surface area (Å²) in [7, 11) is 0. The van der Waals surface area contributed by atoms with Crippen LogP contribution in [-0.4, -0.2) is 10.1 Å². The molecular formula is C12H11NO2S. The molecule has 0 saturated heterocycles. The molecule has 3 heterocycles. The molecule has 1 N–H and O–H groups in total. The van der Waals surface area contributed by atoms with E-state index in [1.165, 1.54) is 4.88 Å². The second kappa shape index (κ2) is 3.30. The van der Waals surface area contributed by atoms with Gasteiger partial charge in [-0.1, -0.05) is 0 Å². The van der Waals surface area contributed by atoms with Gasteiger partial charge in [-0.2, -0.15) is 0 Å². The lowest BCUT2D eigenvalue weighted by Crippen LogP contribution is -2.11. The number of aromatic nitrogens is 1. The molecule has 2 aromatic rings. The van der Waals surface area contributed by atoms with Gasteiger partial charge < -0.3 is 9.84 Å². The van der Waals surface area contributed by atoms with Crippen molar-refractivity contribution in [3.05, 3.63) is 34.5 Å². The smallest absolute Gasteiger partial charge is 0.225 e. The molecule has 0 aromatic carbocycles. The van der Waals surface area contributed by atoms with E-state index in [0.29, 0.717) is 5.75 Å². The Morgan fingerprint density at radius 2 is 2.19 bits per heavy atom. The number of fused-ring (bicyclic) bond motifs is 3. The Balaban J connectivity index is 2.27. The quantitative estimate of drug-likeness (QED) is 0.760.